The molecule has 0 saturated carbocycles. The third-order valence-corrected chi connectivity index (χ3v) is 4.27. The first kappa shape index (κ1) is 12.7. The lowest BCUT2D eigenvalue weighted by Gasteiger charge is -2.28. The highest BCUT2D eigenvalue weighted by Gasteiger charge is 2.20. The largest absolute Gasteiger partial charge is 0.291 e. The van der Waals surface area contributed by atoms with Crippen molar-refractivity contribution in [2.24, 2.45) is 0 Å². The molecule has 0 aliphatic carbocycles. The van der Waals surface area contributed by atoms with Crippen molar-refractivity contribution < 1.29 is 0 Å². The van der Waals surface area contributed by atoms with Crippen LogP contribution in [0.4, 0.5) is 0 Å². The minimum absolute atomic E-state index is 0.865. The average molecular weight is 322 g/mol. The van der Waals surface area contributed by atoms with Gasteiger partial charge in [-0.05, 0) is 25.0 Å². The molecule has 0 spiro atoms. The predicted octanol–water partition coefficient (Wildman–Crippen LogP) is 2.01. The van der Waals surface area contributed by atoms with Gasteiger partial charge in [-0.3, -0.25) is 9.88 Å². The maximum absolute atomic E-state index is 4.49. The molecule has 2 aromatic heterocycles. The Labute approximate surface area is 120 Å². The van der Waals surface area contributed by atoms with E-state index in [1.807, 2.05) is 23.1 Å². The quantitative estimate of drug-likeness (QED) is 0.867. The summed E-state index contributed by atoms with van der Waals surface area (Å²) in [6.45, 7) is 5.77. The van der Waals surface area contributed by atoms with E-state index in [0.717, 1.165) is 32.6 Å². The first-order chi connectivity index (χ1) is 9.28. The number of aryl methyl sites for hydroxylation is 1. The molecule has 100 valence electrons. The van der Waals surface area contributed by atoms with E-state index in [0.29, 0.717) is 0 Å². The van der Waals surface area contributed by atoms with Crippen molar-refractivity contribution in [3.8, 4) is 0 Å². The second-order valence-corrected chi connectivity index (χ2v) is 5.57. The van der Waals surface area contributed by atoms with Crippen LogP contribution >= 0.6 is 15.9 Å². The minimum Gasteiger partial charge on any atom is -0.291 e. The Bertz CT molecular complexity index is 580. The second-order valence-electron chi connectivity index (χ2n) is 4.72. The number of nitrogens with zero attached hydrogens (tertiary/aromatic N) is 5. The number of pyridine rings is 1. The zero-order valence-corrected chi connectivity index (χ0v) is 12.5. The van der Waals surface area contributed by atoms with Gasteiger partial charge < -0.3 is 0 Å². The molecule has 0 atom stereocenters. The lowest BCUT2D eigenvalue weighted by Crippen LogP contribution is -2.31. The van der Waals surface area contributed by atoms with Gasteiger partial charge in [0.25, 0.3) is 0 Å². The van der Waals surface area contributed by atoms with Crippen LogP contribution in [0.25, 0.3) is 0 Å². The van der Waals surface area contributed by atoms with Crippen LogP contribution in [0.2, 0.25) is 0 Å². The highest BCUT2D eigenvalue weighted by Crippen LogP contribution is 2.25. The van der Waals surface area contributed by atoms with E-state index in [4.69, 9.17) is 0 Å². The molecule has 2 aromatic rings. The summed E-state index contributed by atoms with van der Waals surface area (Å²) in [4.78, 5) is 6.89. The Morgan fingerprint density at radius 1 is 1.42 bits per heavy atom. The molecular weight excluding hydrogens is 306 g/mol. The van der Waals surface area contributed by atoms with Crippen LogP contribution in [0.3, 0.4) is 0 Å². The standard InChI is InChI=1S/C13H16BrN5/c1-2-19-10(7-16-17-19)8-18-6-4-11-12(14)3-5-15-13(11)9-18/h3,5,7H,2,4,6,8-9H2,1H3. The third-order valence-electron chi connectivity index (χ3n) is 3.52. The first-order valence-corrected chi connectivity index (χ1v) is 7.29. The normalized spacial score (nSPS) is 15.5. The number of rotatable bonds is 3. The Balaban J connectivity index is 1.76. The Morgan fingerprint density at radius 3 is 3.16 bits per heavy atom. The fourth-order valence-corrected chi connectivity index (χ4v) is 3.05. The van der Waals surface area contributed by atoms with Crippen LogP contribution in [0, 0.1) is 0 Å². The second kappa shape index (κ2) is 5.38. The van der Waals surface area contributed by atoms with Crippen molar-refractivity contribution in [3.05, 3.63) is 39.9 Å². The van der Waals surface area contributed by atoms with Crippen molar-refractivity contribution in [1.82, 2.24) is 24.9 Å². The number of halogens is 1. The molecule has 0 bridgehead atoms. The molecule has 0 N–H and O–H groups in total. The first-order valence-electron chi connectivity index (χ1n) is 6.50. The molecule has 0 saturated heterocycles. The van der Waals surface area contributed by atoms with Gasteiger partial charge in [0.1, 0.15) is 0 Å². The Morgan fingerprint density at radius 2 is 2.32 bits per heavy atom. The highest BCUT2D eigenvalue weighted by atomic mass is 79.9. The number of fused-ring (bicyclic) bond motifs is 1. The Kier molecular flexibility index (Phi) is 3.61. The summed E-state index contributed by atoms with van der Waals surface area (Å²) < 4.78 is 3.13. The topological polar surface area (TPSA) is 46.8 Å². The molecule has 0 fully saturated rings. The van der Waals surface area contributed by atoms with Gasteiger partial charge in [0.05, 0.1) is 17.6 Å². The van der Waals surface area contributed by atoms with Crippen molar-refractivity contribution in [3.63, 3.8) is 0 Å². The summed E-state index contributed by atoms with van der Waals surface area (Å²) in [6, 6.07) is 2.02. The molecule has 3 heterocycles. The molecular formula is C13H16BrN5. The summed E-state index contributed by atoms with van der Waals surface area (Å²) in [5.74, 6) is 0. The molecule has 0 amide bonds. The van der Waals surface area contributed by atoms with Crippen molar-refractivity contribution >= 4 is 15.9 Å². The molecule has 5 nitrogen and oxygen atoms in total. The molecule has 1 aliphatic rings. The average Bonchev–Trinajstić information content (AvgIpc) is 2.86. The van der Waals surface area contributed by atoms with Gasteiger partial charge in [0.15, 0.2) is 0 Å². The zero-order chi connectivity index (χ0) is 13.2. The van der Waals surface area contributed by atoms with E-state index in [9.17, 15) is 0 Å². The Hall–Kier alpha value is -1.27. The third kappa shape index (κ3) is 2.55. The fourth-order valence-electron chi connectivity index (χ4n) is 2.50. The van der Waals surface area contributed by atoms with Gasteiger partial charge >= 0.3 is 0 Å². The van der Waals surface area contributed by atoms with Crippen molar-refractivity contribution in [2.75, 3.05) is 6.54 Å². The van der Waals surface area contributed by atoms with Gasteiger partial charge in [-0.1, -0.05) is 21.1 Å². The van der Waals surface area contributed by atoms with Gasteiger partial charge in [0.2, 0.25) is 0 Å². The van der Waals surface area contributed by atoms with Crippen LogP contribution in [0.1, 0.15) is 23.9 Å². The van der Waals surface area contributed by atoms with Crippen LogP contribution in [-0.4, -0.2) is 31.4 Å². The van der Waals surface area contributed by atoms with Gasteiger partial charge in [-0.15, -0.1) is 5.10 Å². The van der Waals surface area contributed by atoms with Crippen molar-refractivity contribution in [1.29, 1.82) is 0 Å². The fraction of sp³-hybridized carbons (Fsp3) is 0.462. The monoisotopic (exact) mass is 321 g/mol. The van der Waals surface area contributed by atoms with Crippen LogP contribution in [-0.2, 0) is 26.1 Å². The van der Waals surface area contributed by atoms with E-state index < -0.39 is 0 Å². The minimum atomic E-state index is 0.865. The number of hydrogen-bond donors (Lipinski definition) is 0. The maximum Gasteiger partial charge on any atom is 0.0738 e. The maximum atomic E-state index is 4.49. The van der Waals surface area contributed by atoms with Gasteiger partial charge in [0, 0.05) is 36.8 Å². The molecule has 19 heavy (non-hydrogen) atoms. The smallest absolute Gasteiger partial charge is 0.0738 e. The van der Waals surface area contributed by atoms with Crippen LogP contribution < -0.4 is 0 Å². The van der Waals surface area contributed by atoms with E-state index in [1.54, 1.807) is 0 Å². The lowest BCUT2D eigenvalue weighted by atomic mass is 10.1. The molecule has 3 rings (SSSR count). The van der Waals surface area contributed by atoms with Gasteiger partial charge in [-0.25, -0.2) is 4.68 Å². The molecule has 6 heteroatoms. The summed E-state index contributed by atoms with van der Waals surface area (Å²) >= 11 is 3.60. The highest BCUT2D eigenvalue weighted by molar-refractivity contribution is 9.10. The molecule has 1 aliphatic heterocycles. The molecule has 0 aromatic carbocycles. The van der Waals surface area contributed by atoms with E-state index >= 15 is 0 Å². The number of hydrogen-bond acceptors (Lipinski definition) is 4. The van der Waals surface area contributed by atoms with Crippen molar-refractivity contribution in [2.45, 2.75) is 33.0 Å². The lowest BCUT2D eigenvalue weighted by molar-refractivity contribution is 0.234. The number of aromatic nitrogens is 4. The SMILES string of the molecule is CCn1nncc1CN1CCc2c(Br)ccnc2C1. The van der Waals surface area contributed by atoms with E-state index in [-0.39, 0.29) is 0 Å². The van der Waals surface area contributed by atoms with Gasteiger partial charge in [-0.2, -0.15) is 0 Å². The zero-order valence-electron chi connectivity index (χ0n) is 10.9. The van der Waals surface area contributed by atoms with E-state index in [2.05, 4.69) is 43.0 Å². The summed E-state index contributed by atoms with van der Waals surface area (Å²) in [6.07, 6.45) is 4.76. The predicted molar refractivity (Wildman–Crippen MR) is 75.5 cm³/mol. The van der Waals surface area contributed by atoms with Crippen LogP contribution in [0.15, 0.2) is 22.9 Å². The molecule has 0 unspecified atom stereocenters. The summed E-state index contributed by atoms with van der Waals surface area (Å²) in [7, 11) is 0. The summed E-state index contributed by atoms with van der Waals surface area (Å²) in [5.41, 5.74) is 3.69. The van der Waals surface area contributed by atoms with Crippen LogP contribution in [0.5, 0.6) is 0 Å². The van der Waals surface area contributed by atoms with E-state index in [1.165, 1.54) is 21.4 Å². The summed E-state index contributed by atoms with van der Waals surface area (Å²) in [5, 5.41) is 8.06. The molecule has 0 radical (unpaired) electrons.